The van der Waals surface area contributed by atoms with Crippen molar-refractivity contribution >= 4 is 21.4 Å². The Morgan fingerprint density at radius 3 is 2.57 bits per heavy atom. The molecule has 2 nitrogen and oxygen atoms in total. The maximum atomic E-state index is 12.3. The minimum absolute atomic E-state index is 0.110. The third-order valence-electron chi connectivity index (χ3n) is 1.89. The second-order valence-corrected chi connectivity index (χ2v) is 3.91. The Morgan fingerprint density at radius 2 is 1.93 bits per heavy atom. The van der Waals surface area contributed by atoms with E-state index in [1.807, 2.05) is 0 Å². The summed E-state index contributed by atoms with van der Waals surface area (Å²) >= 11 is 0.907. The molecule has 0 aliphatic carbocycles. The van der Waals surface area contributed by atoms with Crippen LogP contribution in [0.15, 0.2) is 18.2 Å². The Kier molecular flexibility index (Phi) is 2.03. The Balaban J connectivity index is 2.71. The fourth-order valence-corrected chi connectivity index (χ4v) is 2.13. The van der Waals surface area contributed by atoms with Crippen LogP contribution in [-0.4, -0.2) is 10.2 Å². The first-order valence-corrected chi connectivity index (χ1v) is 4.64. The number of benzene rings is 1. The van der Waals surface area contributed by atoms with Gasteiger partial charge in [-0.25, -0.2) is 8.78 Å². The van der Waals surface area contributed by atoms with Gasteiger partial charge in [-0.1, -0.05) is 0 Å². The van der Waals surface area contributed by atoms with E-state index in [4.69, 9.17) is 5.11 Å². The lowest BCUT2D eigenvalue weighted by Crippen LogP contribution is -1.73. The van der Waals surface area contributed by atoms with Crippen LogP contribution in [0, 0.1) is 0 Å². The second kappa shape index (κ2) is 3.09. The van der Waals surface area contributed by atoms with Gasteiger partial charge in [0, 0.05) is 10.1 Å². The molecule has 0 amide bonds. The molecule has 2 rings (SSSR count). The van der Waals surface area contributed by atoms with Gasteiger partial charge in [-0.15, -0.1) is 11.3 Å². The van der Waals surface area contributed by atoms with Crippen LogP contribution < -0.4 is 0 Å². The van der Waals surface area contributed by atoms with Gasteiger partial charge in [-0.05, 0) is 18.2 Å². The molecule has 0 fully saturated rings. The van der Waals surface area contributed by atoms with Crippen molar-refractivity contribution < 1.29 is 19.0 Å². The highest BCUT2D eigenvalue weighted by Gasteiger charge is 2.14. The number of phenolic OH excluding ortho intramolecular Hbond substituents is 2. The Morgan fingerprint density at radius 1 is 1.21 bits per heavy atom. The van der Waals surface area contributed by atoms with Gasteiger partial charge in [0.25, 0.3) is 6.43 Å². The lowest BCUT2D eigenvalue weighted by atomic mass is 10.2. The van der Waals surface area contributed by atoms with Crippen molar-refractivity contribution in [3.63, 3.8) is 0 Å². The first-order valence-electron chi connectivity index (χ1n) is 3.82. The van der Waals surface area contributed by atoms with Crippen LogP contribution >= 0.6 is 11.3 Å². The van der Waals surface area contributed by atoms with Gasteiger partial charge in [-0.2, -0.15) is 0 Å². The summed E-state index contributed by atoms with van der Waals surface area (Å²) in [5, 5.41) is 18.8. The molecule has 14 heavy (non-hydrogen) atoms. The van der Waals surface area contributed by atoms with Crippen LogP contribution in [0.25, 0.3) is 10.1 Å². The van der Waals surface area contributed by atoms with Gasteiger partial charge < -0.3 is 10.2 Å². The third-order valence-corrected chi connectivity index (χ3v) is 2.99. The van der Waals surface area contributed by atoms with Gasteiger partial charge in [0.2, 0.25) is 0 Å². The second-order valence-electron chi connectivity index (χ2n) is 2.79. The highest BCUT2D eigenvalue weighted by Crippen LogP contribution is 2.40. The fourth-order valence-electron chi connectivity index (χ4n) is 1.21. The summed E-state index contributed by atoms with van der Waals surface area (Å²) in [5.74, 6) is -0.637. The molecule has 0 radical (unpaired) electrons. The van der Waals surface area contributed by atoms with Gasteiger partial charge in [0.1, 0.15) is 0 Å². The summed E-state index contributed by atoms with van der Waals surface area (Å²) in [7, 11) is 0. The van der Waals surface area contributed by atoms with Gasteiger partial charge in [-0.3, -0.25) is 0 Å². The summed E-state index contributed by atoms with van der Waals surface area (Å²) in [4.78, 5) is -0.110. The van der Waals surface area contributed by atoms with Crippen LogP contribution in [0.1, 0.15) is 11.3 Å². The van der Waals surface area contributed by atoms with E-state index < -0.39 is 6.43 Å². The van der Waals surface area contributed by atoms with Crippen molar-refractivity contribution in [1.82, 2.24) is 0 Å². The van der Waals surface area contributed by atoms with Crippen LogP contribution in [0.2, 0.25) is 0 Å². The minimum Gasteiger partial charge on any atom is -0.504 e. The maximum absolute atomic E-state index is 12.3. The first kappa shape index (κ1) is 9.21. The largest absolute Gasteiger partial charge is 0.504 e. The normalized spacial score (nSPS) is 11.4. The zero-order valence-electron chi connectivity index (χ0n) is 6.87. The number of alkyl halides is 2. The lowest BCUT2D eigenvalue weighted by molar-refractivity contribution is 0.156. The van der Waals surface area contributed by atoms with E-state index in [1.165, 1.54) is 18.2 Å². The molecule has 1 heterocycles. The van der Waals surface area contributed by atoms with Crippen molar-refractivity contribution in [3.8, 4) is 11.5 Å². The highest BCUT2D eigenvalue weighted by atomic mass is 32.1. The molecular weight excluding hydrogens is 210 g/mol. The van der Waals surface area contributed by atoms with Crippen LogP contribution in [0.3, 0.4) is 0 Å². The van der Waals surface area contributed by atoms with Crippen molar-refractivity contribution in [1.29, 1.82) is 0 Å². The molecule has 2 aromatic rings. The number of rotatable bonds is 1. The highest BCUT2D eigenvalue weighted by molar-refractivity contribution is 7.19. The van der Waals surface area contributed by atoms with Crippen molar-refractivity contribution in [2.75, 3.05) is 0 Å². The molecule has 5 heteroatoms. The average molecular weight is 216 g/mol. The number of hydrogen-bond acceptors (Lipinski definition) is 3. The third kappa shape index (κ3) is 1.29. The molecule has 0 spiro atoms. The van der Waals surface area contributed by atoms with E-state index >= 15 is 0 Å². The Bertz CT molecular complexity index is 479. The van der Waals surface area contributed by atoms with Crippen LogP contribution in [-0.2, 0) is 0 Å². The molecule has 1 aromatic heterocycles. The van der Waals surface area contributed by atoms with Crippen molar-refractivity contribution in [2.24, 2.45) is 0 Å². The average Bonchev–Trinajstić information content (AvgIpc) is 2.56. The molecule has 0 aliphatic heterocycles. The monoisotopic (exact) mass is 216 g/mol. The molecule has 1 aromatic carbocycles. The van der Waals surface area contributed by atoms with E-state index in [2.05, 4.69) is 0 Å². The van der Waals surface area contributed by atoms with Crippen molar-refractivity contribution in [2.45, 2.75) is 6.43 Å². The maximum Gasteiger partial charge on any atom is 0.272 e. The first-order chi connectivity index (χ1) is 6.59. The molecule has 2 N–H and O–H groups in total. The predicted octanol–water partition coefficient (Wildman–Crippen LogP) is 3.25. The Labute approximate surface area is 82.0 Å². The smallest absolute Gasteiger partial charge is 0.272 e. The van der Waals surface area contributed by atoms with E-state index in [0.29, 0.717) is 4.70 Å². The van der Waals surface area contributed by atoms with Gasteiger partial charge in [0.15, 0.2) is 11.5 Å². The van der Waals surface area contributed by atoms with Gasteiger partial charge in [0.05, 0.1) is 4.88 Å². The fraction of sp³-hybridized carbons (Fsp3) is 0.111. The molecule has 0 unspecified atom stereocenters. The summed E-state index contributed by atoms with van der Waals surface area (Å²) < 4.78 is 25.1. The number of phenols is 2. The summed E-state index contributed by atoms with van der Waals surface area (Å²) in [6, 6.07) is 3.98. The quantitative estimate of drug-likeness (QED) is 0.718. The zero-order chi connectivity index (χ0) is 10.3. The van der Waals surface area contributed by atoms with E-state index in [0.717, 1.165) is 11.3 Å². The van der Waals surface area contributed by atoms with Crippen LogP contribution in [0.5, 0.6) is 11.5 Å². The molecule has 0 aliphatic rings. The summed E-state index contributed by atoms with van der Waals surface area (Å²) in [6.45, 7) is 0. The number of aromatic hydroxyl groups is 2. The molecule has 74 valence electrons. The molecule has 0 saturated heterocycles. The SMILES string of the molecule is Oc1ccc2sc(C(F)F)cc2c1O. The summed E-state index contributed by atoms with van der Waals surface area (Å²) in [5.41, 5.74) is 0. The standard InChI is InChI=1S/C9H6F2O2S/c10-9(11)7-3-4-6(14-7)2-1-5(12)8(4)13/h1-3,9,12-13H. The van der Waals surface area contributed by atoms with E-state index in [-0.39, 0.29) is 21.8 Å². The molecule has 0 saturated carbocycles. The van der Waals surface area contributed by atoms with Crippen molar-refractivity contribution in [3.05, 3.63) is 23.1 Å². The summed E-state index contributed by atoms with van der Waals surface area (Å²) in [6.07, 6.45) is -2.55. The van der Waals surface area contributed by atoms with E-state index in [9.17, 15) is 13.9 Å². The van der Waals surface area contributed by atoms with Gasteiger partial charge >= 0.3 is 0 Å². The molecule has 0 bridgehead atoms. The van der Waals surface area contributed by atoms with Crippen LogP contribution in [0.4, 0.5) is 8.78 Å². The molecule has 0 atom stereocenters. The lowest BCUT2D eigenvalue weighted by Gasteiger charge is -1.96. The number of halogens is 2. The predicted molar refractivity (Wildman–Crippen MR) is 50.1 cm³/mol. The number of fused-ring (bicyclic) bond motifs is 1. The number of hydrogen-bond donors (Lipinski definition) is 2. The number of thiophene rings is 1. The zero-order valence-corrected chi connectivity index (χ0v) is 7.68. The van der Waals surface area contributed by atoms with E-state index in [1.54, 1.807) is 0 Å². The Hall–Kier alpha value is -1.36. The molecular formula is C9H6F2O2S. The minimum atomic E-state index is -2.55. The topological polar surface area (TPSA) is 40.5 Å².